The monoisotopic (exact) mass is 490 g/mol. The first-order valence-electron chi connectivity index (χ1n) is 11.6. The van der Waals surface area contributed by atoms with Crippen molar-refractivity contribution < 1.29 is 48.9 Å². The predicted molar refractivity (Wildman–Crippen MR) is 131 cm³/mol. The van der Waals surface area contributed by atoms with Crippen LogP contribution in [-0.4, -0.2) is 15.9 Å². The minimum absolute atomic E-state index is 0. The third-order valence-electron chi connectivity index (χ3n) is 5.89. The van der Waals surface area contributed by atoms with Gasteiger partial charge in [-0.15, -0.1) is 0 Å². The van der Waals surface area contributed by atoms with E-state index in [0.717, 1.165) is 11.4 Å². The third kappa shape index (κ3) is 6.52. The average Bonchev–Trinajstić information content (AvgIpc) is 2.91. The summed E-state index contributed by atoms with van der Waals surface area (Å²) in [5.74, 6) is 0.145. The maximum absolute atomic E-state index is 12.6. The largest absolute Gasteiger partial charge is 1.00 e. The molecule has 0 radical (unpaired) electrons. The summed E-state index contributed by atoms with van der Waals surface area (Å²) in [6.07, 6.45) is 4.51. The molecule has 0 amide bonds. The molecule has 2 aromatic carbocycles. The Balaban J connectivity index is 0.00000361. The standard InChI is InChI=1S/C29H28N2O4.Na/c1-2-17-29(28(32)33,22-9-13-26(14-10-22)34-20-24-7-3-5-18-30-24)23-11-15-27(16-12-23)35-21-25-8-4-6-19-31-25;/h3-16,18-19H,2,17,20-21H2,1H3,(H,32,33);/q;+1/p-1. The number of pyridine rings is 2. The van der Waals surface area contributed by atoms with E-state index >= 15 is 0 Å². The fourth-order valence-corrected chi connectivity index (χ4v) is 4.12. The Kier molecular flexibility index (Phi) is 10.1. The number of aliphatic carboxylic acids is 1. The third-order valence-corrected chi connectivity index (χ3v) is 5.89. The van der Waals surface area contributed by atoms with Gasteiger partial charge in [-0.1, -0.05) is 49.7 Å². The number of aromatic nitrogens is 2. The molecule has 2 aromatic heterocycles. The second-order valence-corrected chi connectivity index (χ2v) is 8.21. The van der Waals surface area contributed by atoms with Crippen molar-refractivity contribution in [2.75, 3.05) is 0 Å². The van der Waals surface area contributed by atoms with Crippen LogP contribution in [0, 0.1) is 0 Å². The van der Waals surface area contributed by atoms with E-state index in [2.05, 4.69) is 9.97 Å². The van der Waals surface area contributed by atoms with Crippen molar-refractivity contribution >= 4 is 5.97 Å². The van der Waals surface area contributed by atoms with E-state index in [4.69, 9.17) is 9.47 Å². The summed E-state index contributed by atoms with van der Waals surface area (Å²) in [7, 11) is 0. The van der Waals surface area contributed by atoms with Gasteiger partial charge in [-0.25, -0.2) is 0 Å². The maximum atomic E-state index is 12.6. The fourth-order valence-electron chi connectivity index (χ4n) is 4.12. The van der Waals surface area contributed by atoms with Gasteiger partial charge in [-0.3, -0.25) is 9.97 Å². The number of rotatable bonds is 11. The van der Waals surface area contributed by atoms with Gasteiger partial charge in [0.25, 0.3) is 0 Å². The number of nitrogens with zero attached hydrogens (tertiary/aromatic N) is 2. The van der Waals surface area contributed by atoms with E-state index in [1.165, 1.54) is 0 Å². The van der Waals surface area contributed by atoms with Crippen LogP contribution in [-0.2, 0) is 23.4 Å². The number of carboxylic acid groups (broad SMARTS) is 1. The Morgan fingerprint density at radius 1 is 0.750 bits per heavy atom. The van der Waals surface area contributed by atoms with E-state index < -0.39 is 11.4 Å². The zero-order valence-corrected chi connectivity index (χ0v) is 22.6. The topological polar surface area (TPSA) is 84.4 Å². The number of carbonyl (C=O) groups excluding carboxylic acids is 1. The van der Waals surface area contributed by atoms with Crippen LogP contribution >= 0.6 is 0 Å². The van der Waals surface area contributed by atoms with Gasteiger partial charge in [0.1, 0.15) is 24.7 Å². The quantitative estimate of drug-likeness (QED) is 0.296. The summed E-state index contributed by atoms with van der Waals surface area (Å²) < 4.78 is 11.6. The molecule has 6 nitrogen and oxygen atoms in total. The van der Waals surface area contributed by atoms with E-state index in [9.17, 15) is 9.90 Å². The van der Waals surface area contributed by atoms with Crippen LogP contribution in [0.1, 0.15) is 42.3 Å². The van der Waals surface area contributed by atoms with Gasteiger partial charge in [0.05, 0.1) is 22.8 Å². The molecule has 0 N–H and O–H groups in total. The van der Waals surface area contributed by atoms with Gasteiger partial charge in [-0.2, -0.15) is 0 Å². The van der Waals surface area contributed by atoms with Crippen molar-refractivity contribution in [2.45, 2.75) is 38.4 Å². The maximum Gasteiger partial charge on any atom is 1.00 e. The van der Waals surface area contributed by atoms with Crippen molar-refractivity contribution in [2.24, 2.45) is 0 Å². The molecule has 0 bridgehead atoms. The Morgan fingerprint density at radius 2 is 1.19 bits per heavy atom. The first kappa shape index (κ1) is 27.4. The van der Waals surface area contributed by atoms with Crippen LogP contribution in [0.3, 0.4) is 0 Å². The summed E-state index contributed by atoms with van der Waals surface area (Å²) >= 11 is 0. The van der Waals surface area contributed by atoms with Crippen molar-refractivity contribution in [3.05, 3.63) is 120 Å². The molecule has 4 aromatic rings. The molecule has 7 heteroatoms. The normalized spacial score (nSPS) is 10.8. The van der Waals surface area contributed by atoms with Crippen LogP contribution in [0.4, 0.5) is 0 Å². The molecule has 0 aliphatic carbocycles. The van der Waals surface area contributed by atoms with Gasteiger partial charge in [0.15, 0.2) is 0 Å². The van der Waals surface area contributed by atoms with Gasteiger partial charge in [-0.05, 0) is 66.1 Å². The van der Waals surface area contributed by atoms with E-state index in [-0.39, 0.29) is 29.6 Å². The van der Waals surface area contributed by atoms with Crippen molar-refractivity contribution in [1.29, 1.82) is 0 Å². The van der Waals surface area contributed by atoms with Crippen LogP contribution in [0.25, 0.3) is 0 Å². The zero-order valence-electron chi connectivity index (χ0n) is 20.6. The Labute approximate surface area is 233 Å². The Hall–Kier alpha value is -3.19. The molecule has 0 spiro atoms. The van der Waals surface area contributed by atoms with Gasteiger partial charge in [0, 0.05) is 12.4 Å². The van der Waals surface area contributed by atoms with Crippen molar-refractivity contribution in [3.63, 3.8) is 0 Å². The number of hydrogen-bond acceptors (Lipinski definition) is 6. The van der Waals surface area contributed by atoms with Gasteiger partial charge in [0.2, 0.25) is 0 Å². The summed E-state index contributed by atoms with van der Waals surface area (Å²) in [6, 6.07) is 25.6. The summed E-state index contributed by atoms with van der Waals surface area (Å²) in [5, 5.41) is 12.6. The van der Waals surface area contributed by atoms with E-state index in [0.29, 0.717) is 48.7 Å². The molecule has 0 unspecified atom stereocenters. The molecule has 0 aliphatic rings. The fraction of sp³-hybridized carbons (Fsp3) is 0.207. The van der Waals surface area contributed by atoms with Crippen LogP contribution in [0.15, 0.2) is 97.3 Å². The molecule has 2 heterocycles. The number of carboxylic acids is 1. The van der Waals surface area contributed by atoms with Crippen LogP contribution in [0.5, 0.6) is 11.5 Å². The minimum atomic E-state index is -1.28. The Morgan fingerprint density at radius 3 is 1.53 bits per heavy atom. The molecular weight excluding hydrogens is 463 g/mol. The number of carbonyl (C=O) groups is 1. The average molecular weight is 491 g/mol. The Bertz CT molecular complexity index is 1130. The van der Waals surface area contributed by atoms with E-state index in [1.54, 1.807) is 60.9 Å². The summed E-state index contributed by atoms with van der Waals surface area (Å²) in [4.78, 5) is 21.1. The minimum Gasteiger partial charge on any atom is -0.549 e. The van der Waals surface area contributed by atoms with Crippen molar-refractivity contribution in [1.82, 2.24) is 9.97 Å². The zero-order chi connectivity index (χ0) is 24.5. The molecule has 0 saturated carbocycles. The molecule has 0 aliphatic heterocycles. The van der Waals surface area contributed by atoms with Gasteiger partial charge < -0.3 is 19.4 Å². The molecule has 178 valence electrons. The molecular formula is C29H27N2NaO4. The summed E-state index contributed by atoms with van der Waals surface area (Å²) in [5.41, 5.74) is 1.64. The molecule has 0 atom stereocenters. The number of benzene rings is 2. The first-order valence-corrected chi connectivity index (χ1v) is 11.6. The van der Waals surface area contributed by atoms with Crippen LogP contribution < -0.4 is 44.1 Å². The van der Waals surface area contributed by atoms with Crippen LogP contribution in [0.2, 0.25) is 0 Å². The first-order chi connectivity index (χ1) is 17.1. The molecule has 0 saturated heterocycles. The SMILES string of the molecule is CCCC(C(=O)[O-])(c1ccc(OCc2ccccn2)cc1)c1ccc(OCc2ccccn2)cc1.[Na+]. The second kappa shape index (κ2) is 13.2. The predicted octanol–water partition coefficient (Wildman–Crippen LogP) is 1.47. The number of ether oxygens (including phenoxy) is 2. The molecule has 0 fully saturated rings. The summed E-state index contributed by atoms with van der Waals surface area (Å²) in [6.45, 7) is 2.63. The number of hydrogen-bond donors (Lipinski definition) is 0. The van der Waals surface area contributed by atoms with Crippen molar-refractivity contribution in [3.8, 4) is 11.5 Å². The van der Waals surface area contributed by atoms with Gasteiger partial charge >= 0.3 is 29.6 Å². The molecule has 4 rings (SSSR count). The smallest absolute Gasteiger partial charge is 0.549 e. The van der Waals surface area contributed by atoms with E-state index in [1.807, 2.05) is 43.3 Å². The molecule has 36 heavy (non-hydrogen) atoms. The second-order valence-electron chi connectivity index (χ2n) is 8.21.